The Balaban J connectivity index is 0.00000320. The number of rotatable bonds is 8. The molecule has 0 bridgehead atoms. The summed E-state index contributed by atoms with van der Waals surface area (Å²) in [6.45, 7) is 7.77. The van der Waals surface area contributed by atoms with Crippen LogP contribution in [0.25, 0.3) is 0 Å². The number of ether oxygens (including phenoxy) is 1. The number of nitrogens with one attached hydrogen (secondary N) is 2. The van der Waals surface area contributed by atoms with E-state index in [1.54, 1.807) is 7.11 Å². The van der Waals surface area contributed by atoms with Crippen LogP contribution in [0.5, 0.6) is 0 Å². The fourth-order valence-corrected chi connectivity index (χ4v) is 4.15. The summed E-state index contributed by atoms with van der Waals surface area (Å²) in [5, 5.41) is 6.81. The van der Waals surface area contributed by atoms with Gasteiger partial charge >= 0.3 is 0 Å². The Morgan fingerprint density at radius 2 is 2.10 bits per heavy atom. The van der Waals surface area contributed by atoms with E-state index in [0.29, 0.717) is 18.3 Å². The smallest absolute Gasteiger partial charge is 0.191 e. The highest BCUT2D eigenvalue weighted by Crippen LogP contribution is 2.24. The predicted molar refractivity (Wildman–Crippen MR) is 128 cm³/mol. The van der Waals surface area contributed by atoms with Gasteiger partial charge in [-0.05, 0) is 44.9 Å². The lowest BCUT2D eigenvalue weighted by Gasteiger charge is -2.24. The second kappa shape index (κ2) is 12.6. The average molecular weight is 537 g/mol. The lowest BCUT2D eigenvalue weighted by molar-refractivity contribution is 0.142. The van der Waals surface area contributed by atoms with Crippen LogP contribution in [0.1, 0.15) is 26.2 Å². The molecule has 2 fully saturated rings. The molecule has 2 heterocycles. The zero-order chi connectivity index (χ0) is 20.6. The Labute approximate surface area is 195 Å². The highest BCUT2D eigenvalue weighted by atomic mass is 127. The molecule has 2 saturated heterocycles. The summed E-state index contributed by atoms with van der Waals surface area (Å²) in [7, 11) is 1.74. The van der Waals surface area contributed by atoms with E-state index in [-0.39, 0.29) is 30.0 Å². The minimum Gasteiger partial charge on any atom is -0.383 e. The van der Waals surface area contributed by atoms with Crippen molar-refractivity contribution in [3.8, 4) is 0 Å². The van der Waals surface area contributed by atoms with Crippen LogP contribution in [0.2, 0.25) is 0 Å². The van der Waals surface area contributed by atoms with E-state index in [0.717, 1.165) is 64.2 Å². The fourth-order valence-electron chi connectivity index (χ4n) is 4.15. The summed E-state index contributed by atoms with van der Waals surface area (Å²) in [5.41, 5.74) is 0.456. The summed E-state index contributed by atoms with van der Waals surface area (Å²) in [4.78, 5) is 9.22. The molecule has 9 heteroatoms. The number of aliphatic imine (C=N–C) groups is 1. The Kier molecular flexibility index (Phi) is 10.5. The monoisotopic (exact) mass is 537 g/mol. The topological polar surface area (TPSA) is 52.1 Å². The molecule has 2 unspecified atom stereocenters. The fraction of sp³-hybridized carbons (Fsp3) is 0.667. The first-order valence-corrected chi connectivity index (χ1v) is 10.6. The number of nitrogens with zero attached hydrogens (tertiary/aromatic N) is 3. The number of halogens is 3. The molecule has 1 aromatic carbocycles. The van der Waals surface area contributed by atoms with Gasteiger partial charge in [0.05, 0.1) is 18.8 Å². The molecule has 2 aliphatic heterocycles. The summed E-state index contributed by atoms with van der Waals surface area (Å²) in [6.07, 6.45) is 3.24. The molecule has 0 radical (unpaired) electrons. The number of guanidine groups is 1. The lowest BCUT2D eigenvalue weighted by atomic mass is 10.2. The Hall–Kier alpha value is -1.20. The third-order valence-electron chi connectivity index (χ3n) is 5.67. The minimum atomic E-state index is -0.548. The molecule has 2 aliphatic rings. The van der Waals surface area contributed by atoms with E-state index in [2.05, 4.69) is 15.5 Å². The molecule has 0 aliphatic carbocycles. The summed E-state index contributed by atoms with van der Waals surface area (Å²) in [6, 6.07) is 4.39. The van der Waals surface area contributed by atoms with Gasteiger partial charge in [-0.3, -0.25) is 9.89 Å². The van der Waals surface area contributed by atoms with Gasteiger partial charge < -0.3 is 20.3 Å². The highest BCUT2D eigenvalue weighted by Gasteiger charge is 2.26. The molecule has 0 saturated carbocycles. The zero-order valence-electron chi connectivity index (χ0n) is 17.9. The third-order valence-corrected chi connectivity index (χ3v) is 5.67. The van der Waals surface area contributed by atoms with Gasteiger partial charge in [0, 0.05) is 51.4 Å². The van der Waals surface area contributed by atoms with Crippen molar-refractivity contribution in [2.75, 3.05) is 57.9 Å². The maximum absolute atomic E-state index is 14.1. The van der Waals surface area contributed by atoms with E-state index in [1.807, 2.05) is 11.8 Å². The van der Waals surface area contributed by atoms with Crippen LogP contribution >= 0.6 is 24.0 Å². The van der Waals surface area contributed by atoms with Crippen LogP contribution in [0.15, 0.2) is 23.2 Å². The largest absolute Gasteiger partial charge is 0.383 e. The second-order valence-electron chi connectivity index (χ2n) is 7.72. The number of methoxy groups -OCH3 is 1. The van der Waals surface area contributed by atoms with E-state index < -0.39 is 11.6 Å². The number of anilines is 1. The first-order valence-electron chi connectivity index (χ1n) is 10.6. The standard InChI is InChI=1S/C21H33F2N5O.HI/c1-3-24-21(25-14-18-5-4-9-27(18)11-12-29-2)26-17-8-10-28(15-17)20-7-6-16(22)13-19(20)23;/h6-7,13,17-18H,3-5,8-12,14-15H2,1-2H3,(H2,24,25,26);1H. The van der Waals surface area contributed by atoms with Crippen molar-refractivity contribution >= 4 is 35.6 Å². The van der Waals surface area contributed by atoms with Crippen molar-refractivity contribution < 1.29 is 13.5 Å². The van der Waals surface area contributed by atoms with Gasteiger partial charge in [-0.2, -0.15) is 0 Å². The van der Waals surface area contributed by atoms with Crippen LogP contribution in [0.4, 0.5) is 14.5 Å². The maximum Gasteiger partial charge on any atom is 0.191 e. The van der Waals surface area contributed by atoms with Crippen LogP contribution in [-0.4, -0.2) is 75.9 Å². The minimum absolute atomic E-state index is 0. The Morgan fingerprint density at radius 3 is 2.83 bits per heavy atom. The van der Waals surface area contributed by atoms with Crippen molar-refractivity contribution in [1.82, 2.24) is 15.5 Å². The van der Waals surface area contributed by atoms with Gasteiger partial charge in [0.2, 0.25) is 0 Å². The van der Waals surface area contributed by atoms with Crippen LogP contribution in [-0.2, 0) is 4.74 Å². The van der Waals surface area contributed by atoms with Gasteiger partial charge in [-0.15, -0.1) is 24.0 Å². The zero-order valence-corrected chi connectivity index (χ0v) is 20.2. The van der Waals surface area contributed by atoms with E-state index >= 15 is 0 Å². The quantitative estimate of drug-likeness (QED) is 0.304. The molecule has 1 aromatic rings. The van der Waals surface area contributed by atoms with Crippen LogP contribution in [0.3, 0.4) is 0 Å². The highest BCUT2D eigenvalue weighted by molar-refractivity contribution is 14.0. The summed E-state index contributed by atoms with van der Waals surface area (Å²) >= 11 is 0. The molecule has 0 spiro atoms. The molecular formula is C21H34F2IN5O. The van der Waals surface area contributed by atoms with Gasteiger partial charge in [-0.1, -0.05) is 0 Å². The number of hydrogen-bond acceptors (Lipinski definition) is 4. The molecule has 3 rings (SSSR count). The molecule has 30 heavy (non-hydrogen) atoms. The van der Waals surface area contributed by atoms with Crippen molar-refractivity contribution in [2.45, 2.75) is 38.3 Å². The summed E-state index contributed by atoms with van der Waals surface area (Å²) in [5.74, 6) is -0.255. The van der Waals surface area contributed by atoms with Gasteiger partial charge in [0.15, 0.2) is 5.96 Å². The van der Waals surface area contributed by atoms with Crippen molar-refractivity contribution in [2.24, 2.45) is 4.99 Å². The van der Waals surface area contributed by atoms with E-state index in [4.69, 9.17) is 9.73 Å². The molecule has 2 atom stereocenters. The SMILES string of the molecule is CCNC(=NCC1CCCN1CCOC)NC1CCN(c2ccc(F)cc2F)C1.I. The lowest BCUT2D eigenvalue weighted by Crippen LogP contribution is -2.45. The Morgan fingerprint density at radius 1 is 1.27 bits per heavy atom. The van der Waals surface area contributed by atoms with Gasteiger partial charge in [0.25, 0.3) is 0 Å². The predicted octanol–water partition coefficient (Wildman–Crippen LogP) is 2.83. The molecule has 0 aromatic heterocycles. The van der Waals surface area contributed by atoms with E-state index in [9.17, 15) is 8.78 Å². The first-order chi connectivity index (χ1) is 14.1. The molecule has 170 valence electrons. The molecular weight excluding hydrogens is 503 g/mol. The average Bonchev–Trinajstić information content (AvgIpc) is 3.34. The molecule has 6 nitrogen and oxygen atoms in total. The normalized spacial score (nSPS) is 22.3. The second-order valence-corrected chi connectivity index (χ2v) is 7.72. The molecule has 2 N–H and O–H groups in total. The number of likely N-dealkylation sites (tertiary alicyclic amines) is 1. The van der Waals surface area contributed by atoms with Crippen molar-refractivity contribution in [1.29, 1.82) is 0 Å². The maximum atomic E-state index is 14.1. The van der Waals surface area contributed by atoms with Crippen molar-refractivity contribution in [3.63, 3.8) is 0 Å². The first kappa shape index (κ1) is 25.1. The number of hydrogen-bond donors (Lipinski definition) is 2. The summed E-state index contributed by atoms with van der Waals surface area (Å²) < 4.78 is 32.5. The number of benzene rings is 1. The van der Waals surface area contributed by atoms with Gasteiger partial charge in [-0.25, -0.2) is 8.78 Å². The van der Waals surface area contributed by atoms with Crippen LogP contribution < -0.4 is 15.5 Å². The Bertz CT molecular complexity index is 693. The van der Waals surface area contributed by atoms with Gasteiger partial charge in [0.1, 0.15) is 11.6 Å². The third kappa shape index (κ3) is 6.91. The van der Waals surface area contributed by atoms with Crippen molar-refractivity contribution in [3.05, 3.63) is 29.8 Å². The molecule has 0 amide bonds. The van der Waals surface area contributed by atoms with E-state index in [1.165, 1.54) is 18.6 Å². The van der Waals surface area contributed by atoms with Crippen LogP contribution in [0, 0.1) is 11.6 Å².